The van der Waals surface area contributed by atoms with E-state index >= 15 is 0 Å². The van der Waals surface area contributed by atoms with Crippen molar-refractivity contribution in [2.24, 2.45) is 11.5 Å². The van der Waals surface area contributed by atoms with Crippen molar-refractivity contribution >= 4 is 23.8 Å². The lowest BCUT2D eigenvalue weighted by molar-refractivity contribution is -0.139. The van der Waals surface area contributed by atoms with Gasteiger partial charge in [-0.1, -0.05) is 36.4 Å². The van der Waals surface area contributed by atoms with Crippen LogP contribution in [-0.4, -0.2) is 74.5 Å². The summed E-state index contributed by atoms with van der Waals surface area (Å²) >= 11 is 0. The van der Waals surface area contributed by atoms with Gasteiger partial charge >= 0.3 is 11.9 Å². The van der Waals surface area contributed by atoms with Crippen LogP contribution >= 0.6 is 0 Å². The first kappa shape index (κ1) is 39.3. The molecule has 10 nitrogen and oxygen atoms in total. The first-order chi connectivity index (χ1) is 17.2. The summed E-state index contributed by atoms with van der Waals surface area (Å²) in [7, 11) is 4.00. The molecule has 0 fully saturated rings. The normalized spacial score (nSPS) is 9.83. The van der Waals surface area contributed by atoms with E-state index in [2.05, 4.69) is 22.1 Å². The van der Waals surface area contributed by atoms with E-state index in [1.807, 2.05) is 0 Å². The maximum Gasteiger partial charge on any atom is 0.325 e. The molecule has 12 heteroatoms. The van der Waals surface area contributed by atoms with Crippen molar-refractivity contribution in [3.05, 3.63) is 71.8 Å². The third kappa shape index (κ3) is 19.6. The van der Waals surface area contributed by atoms with E-state index in [1.54, 1.807) is 60.7 Å². The molecule has 0 aliphatic carbocycles. The Balaban J connectivity index is -0.000000222. The molecule has 2 aromatic rings. The van der Waals surface area contributed by atoms with Crippen LogP contribution in [0.25, 0.3) is 0 Å². The number of hydrogen-bond acceptors (Lipinski definition) is 6. The zero-order valence-corrected chi connectivity index (χ0v) is 21.4. The molecule has 0 heterocycles. The van der Waals surface area contributed by atoms with Gasteiger partial charge in [0.05, 0.1) is 14.4 Å². The van der Waals surface area contributed by atoms with Crippen LogP contribution in [0.5, 0.6) is 0 Å². The molecule has 0 aliphatic rings. The molecule has 0 aromatic heterocycles. The lowest BCUT2D eigenvalue weighted by Gasteiger charge is -2.08. The van der Waals surface area contributed by atoms with Gasteiger partial charge in [-0.15, -0.1) is 0 Å². The summed E-state index contributed by atoms with van der Waals surface area (Å²) in [4.78, 5) is 43.7. The van der Waals surface area contributed by atoms with Crippen molar-refractivity contribution in [2.45, 2.75) is 25.9 Å². The number of amides is 2. The summed E-state index contributed by atoms with van der Waals surface area (Å²) in [6, 6.07) is 15.2. The van der Waals surface area contributed by atoms with Crippen LogP contribution in [0.2, 0.25) is 0 Å². The van der Waals surface area contributed by atoms with E-state index in [1.165, 1.54) is 27.9 Å². The molecule has 0 saturated heterocycles. The van der Waals surface area contributed by atoms with E-state index in [4.69, 9.17) is 10.2 Å². The topological polar surface area (TPSA) is 185 Å². The molecular formula is C24H38F2N4O6. The van der Waals surface area contributed by atoms with Gasteiger partial charge in [0.2, 0.25) is 0 Å². The summed E-state index contributed by atoms with van der Waals surface area (Å²) < 4.78 is 19.0. The first-order valence-corrected chi connectivity index (χ1v) is 10.3. The van der Waals surface area contributed by atoms with Crippen LogP contribution in [0.4, 0.5) is 8.78 Å². The molecule has 2 aromatic carbocycles. The van der Waals surface area contributed by atoms with E-state index in [0.29, 0.717) is 25.5 Å². The quantitative estimate of drug-likeness (QED) is 0.338. The Hall–Kier alpha value is -3.90. The lowest BCUT2D eigenvalue weighted by atomic mass is 10.2. The fourth-order valence-corrected chi connectivity index (χ4v) is 1.86. The highest BCUT2D eigenvalue weighted by Crippen LogP contribution is 1.99. The smallest absolute Gasteiger partial charge is 0.325 e. The average Bonchev–Trinajstić information content (AvgIpc) is 2.94. The van der Waals surface area contributed by atoms with Gasteiger partial charge in [-0.25, -0.2) is 0 Å². The Morgan fingerprint density at radius 1 is 0.611 bits per heavy atom. The Labute approximate surface area is 210 Å². The molecule has 2 amide bonds. The van der Waals surface area contributed by atoms with Crippen LogP contribution < -0.4 is 22.1 Å². The zero-order chi connectivity index (χ0) is 29.1. The maximum atomic E-state index is 11.4. The zero-order valence-electron chi connectivity index (χ0n) is 21.4. The Morgan fingerprint density at radius 3 is 1.03 bits per heavy atom. The third-order valence-electron chi connectivity index (χ3n) is 3.51. The minimum Gasteiger partial charge on any atom is -0.480 e. The minimum absolute atomic E-state index is 0.375. The number of hydrogen-bond donors (Lipinski definition) is 6. The maximum absolute atomic E-state index is 11.4. The second kappa shape index (κ2) is 27.3. The molecule has 0 aliphatic heterocycles. The standard InChI is InChI=1S/2C10H11NO3.2CH3F.2CH5N/c2*1-7(10(13)14)11-9(12)8-5-3-2-4-6-8;4*1-2/h2*2-7H,1H3,(H,11,12)(H,13,14);2*1H3;2*2H2,1H3/t2*7-;;;;/m10..../s1/i;;2*2-1;;. The summed E-state index contributed by atoms with van der Waals surface area (Å²) in [5.41, 5.74) is 9.92. The number of nitrogens with two attached hydrogens (primary N) is 2. The van der Waals surface area contributed by atoms with Crippen LogP contribution in [-0.2, 0) is 9.59 Å². The highest BCUT2D eigenvalue weighted by molar-refractivity contribution is 5.97. The molecule has 2 rings (SSSR count). The van der Waals surface area contributed by atoms with Crippen molar-refractivity contribution in [1.82, 2.24) is 10.6 Å². The number of carbonyl (C=O) groups excluding carboxylic acids is 2. The Kier molecular flexibility index (Phi) is 29.9. The SMILES string of the molecule is CN.CN.C[18F].C[18F].C[C@@H](NC(=O)c1ccccc1)C(=O)O.C[C@H](NC(=O)c1ccccc1)C(=O)O. The Bertz CT molecular complexity index is 758. The molecule has 0 unspecified atom stereocenters. The number of carboxylic acid groups (broad SMARTS) is 2. The van der Waals surface area contributed by atoms with Gasteiger partial charge in [-0.2, -0.15) is 0 Å². The highest BCUT2D eigenvalue weighted by atomic mass is 18.2. The van der Waals surface area contributed by atoms with Gasteiger partial charge in [-0.3, -0.25) is 28.0 Å². The number of benzene rings is 2. The van der Waals surface area contributed by atoms with E-state index < -0.39 is 24.0 Å². The predicted molar refractivity (Wildman–Crippen MR) is 136 cm³/mol. The molecule has 36 heavy (non-hydrogen) atoms. The number of nitrogens with one attached hydrogen (secondary N) is 2. The van der Waals surface area contributed by atoms with Crippen LogP contribution in [0, 0.1) is 0 Å². The van der Waals surface area contributed by atoms with Crippen molar-refractivity contribution in [3.63, 3.8) is 0 Å². The van der Waals surface area contributed by atoms with Gasteiger partial charge in [0.25, 0.3) is 11.8 Å². The van der Waals surface area contributed by atoms with Crippen molar-refractivity contribution in [2.75, 3.05) is 28.5 Å². The summed E-state index contributed by atoms with van der Waals surface area (Å²) in [5, 5.41) is 21.8. The fourth-order valence-electron chi connectivity index (χ4n) is 1.86. The molecule has 0 saturated carbocycles. The molecule has 0 spiro atoms. The predicted octanol–water partition coefficient (Wildman–Crippen LogP) is 2.10. The number of alkyl halides is 2. The molecule has 0 radical (unpaired) electrons. The van der Waals surface area contributed by atoms with Gasteiger partial charge in [0.1, 0.15) is 12.1 Å². The van der Waals surface area contributed by atoms with Crippen LogP contribution in [0.15, 0.2) is 60.7 Å². The van der Waals surface area contributed by atoms with Gasteiger partial charge in [0, 0.05) is 11.1 Å². The van der Waals surface area contributed by atoms with Crippen molar-refractivity contribution in [1.29, 1.82) is 0 Å². The number of carbonyl (C=O) groups is 4. The second-order valence-electron chi connectivity index (χ2n) is 5.80. The van der Waals surface area contributed by atoms with E-state index in [0.717, 1.165) is 0 Å². The van der Waals surface area contributed by atoms with Crippen LogP contribution in [0.3, 0.4) is 0 Å². The molecular weight excluding hydrogens is 476 g/mol. The highest BCUT2D eigenvalue weighted by Gasteiger charge is 2.15. The number of halogens is 2. The number of rotatable bonds is 6. The number of aliphatic carboxylic acids is 2. The van der Waals surface area contributed by atoms with Gasteiger partial charge in [0.15, 0.2) is 0 Å². The summed E-state index contributed by atoms with van der Waals surface area (Å²) in [6.45, 7) is 2.84. The van der Waals surface area contributed by atoms with Crippen molar-refractivity contribution in [3.8, 4) is 0 Å². The largest absolute Gasteiger partial charge is 0.480 e. The first-order valence-electron chi connectivity index (χ1n) is 10.3. The van der Waals surface area contributed by atoms with E-state index in [9.17, 15) is 28.0 Å². The second-order valence-corrected chi connectivity index (χ2v) is 5.80. The monoisotopic (exact) mass is 514 g/mol. The van der Waals surface area contributed by atoms with Crippen molar-refractivity contribution < 1.29 is 38.2 Å². The molecule has 0 bridgehead atoms. The number of carboxylic acids is 2. The minimum atomic E-state index is -1.05. The summed E-state index contributed by atoms with van der Waals surface area (Å²) in [6.07, 6.45) is 0. The molecule has 8 N–H and O–H groups in total. The van der Waals surface area contributed by atoms with Gasteiger partial charge in [-0.05, 0) is 52.2 Å². The third-order valence-corrected chi connectivity index (χ3v) is 3.51. The summed E-state index contributed by atoms with van der Waals surface area (Å²) in [5.74, 6) is -2.84. The average molecular weight is 515 g/mol. The van der Waals surface area contributed by atoms with E-state index in [-0.39, 0.29) is 11.8 Å². The van der Waals surface area contributed by atoms with Gasteiger partial charge < -0.3 is 32.3 Å². The fraction of sp³-hybridized carbons (Fsp3) is 0.333. The Morgan fingerprint density at radius 2 is 0.833 bits per heavy atom. The van der Waals surface area contributed by atoms with Crippen LogP contribution in [0.1, 0.15) is 34.6 Å². The lowest BCUT2D eigenvalue weighted by Crippen LogP contribution is -2.38. The molecule has 2 atom stereocenters. The molecule has 204 valence electrons.